The smallest absolute Gasteiger partial charge is 0.327 e. The first kappa shape index (κ1) is 79.6. The molecule has 4 rings (SSSR count). The second kappa shape index (κ2) is 38.7. The molecule has 0 spiro atoms. The first-order valence-electron chi connectivity index (χ1n) is 30.1. The molecule has 27 N–H and O–H groups in total. The van der Waals surface area contributed by atoms with Crippen LogP contribution in [0.4, 0.5) is 0 Å². The number of carbonyl (C=O) groups excluding carboxylic acids is 10. The van der Waals surface area contributed by atoms with Gasteiger partial charge in [0, 0.05) is 72.9 Å². The van der Waals surface area contributed by atoms with Crippen molar-refractivity contribution in [3.8, 4) is 23.0 Å². The van der Waals surface area contributed by atoms with E-state index in [0.717, 1.165) is 11.8 Å². The molecule has 1 aliphatic heterocycles. The zero-order valence-electron chi connectivity index (χ0n) is 53.2. The van der Waals surface area contributed by atoms with Crippen molar-refractivity contribution in [2.75, 3.05) is 44.8 Å². The summed E-state index contributed by atoms with van der Waals surface area (Å²) in [5.41, 5.74) is 39.7. The third kappa shape index (κ3) is 24.4. The number of aliphatic hydroxyl groups excluding tert-OH is 1. The molecule has 1 heterocycles. The maximum absolute atomic E-state index is 14.6. The minimum Gasteiger partial charge on any atom is -0.508 e. The maximum Gasteiger partial charge on any atom is 0.327 e. The Morgan fingerprint density at radius 1 is 0.510 bits per heavy atom. The molecule has 0 aliphatic carbocycles. The summed E-state index contributed by atoms with van der Waals surface area (Å²) in [6.07, 6.45) is -2.89. The van der Waals surface area contributed by atoms with Gasteiger partial charge in [-0.2, -0.15) is 25.3 Å². The quantitative estimate of drug-likeness (QED) is 0.00856. The summed E-state index contributed by atoms with van der Waals surface area (Å²) in [5, 5.41) is 69.0. The van der Waals surface area contributed by atoms with Crippen LogP contribution in [-0.4, -0.2) is 218 Å². The van der Waals surface area contributed by atoms with Gasteiger partial charge in [-0.1, -0.05) is 30.3 Å². The number of rotatable bonds is 39. The molecule has 37 nitrogen and oxygen atoms in total. The predicted molar refractivity (Wildman–Crippen MR) is 359 cm³/mol. The van der Waals surface area contributed by atoms with Crippen molar-refractivity contribution in [2.45, 2.75) is 119 Å². The van der Waals surface area contributed by atoms with E-state index in [2.05, 4.69) is 82.8 Å². The van der Waals surface area contributed by atoms with Gasteiger partial charge in [0.15, 0.2) is 17.9 Å². The number of hydrogen-bond acceptors (Lipinski definition) is 21. The SMILES string of the molecule is C[C@H](NC(=O)[C@H](CC(=O)O)NC(=O)[C@H](CCCN=C(N)N)NC(=O)[C@H](CC(N)=O)NC(=O)[C@H](CO)NC(=O)[C@H](CS)N(C)C(=O)c1ccccc1C1c2ccc(O)cc2Oc2cc(O)ccc21)C(=O)N[C@@H](CCCN=C(N)N)C(=O)N[C@@H](CCCN=C(N)N)C(=O)N[C@@H](CS)C(=O)O. The number of nitrogens with two attached hydrogens (primary N) is 7. The van der Waals surface area contributed by atoms with Crippen LogP contribution in [0.1, 0.15) is 91.3 Å². The fourth-order valence-corrected chi connectivity index (χ4v) is 10.4. The van der Waals surface area contributed by atoms with E-state index in [0.29, 0.717) is 16.7 Å². The molecule has 3 aromatic rings. The number of aromatic hydroxyl groups is 2. The number of likely N-dealkylation sites (N-methyl/N-ethyl adjacent to an activating group) is 1. The number of guanidine groups is 3. The molecule has 0 fully saturated rings. The Hall–Kier alpha value is -10.8. The molecule has 10 amide bonds. The van der Waals surface area contributed by atoms with Gasteiger partial charge in [0.1, 0.15) is 77.4 Å². The van der Waals surface area contributed by atoms with Crippen LogP contribution in [0, 0.1) is 0 Å². The van der Waals surface area contributed by atoms with Crippen molar-refractivity contribution >= 4 is 114 Å². The van der Waals surface area contributed by atoms with Gasteiger partial charge in [0.2, 0.25) is 53.2 Å². The van der Waals surface area contributed by atoms with Gasteiger partial charge in [-0.25, -0.2) is 4.79 Å². The zero-order valence-corrected chi connectivity index (χ0v) is 55.0. The average Bonchev–Trinajstić information content (AvgIpc) is 0.749. The Morgan fingerprint density at radius 3 is 1.33 bits per heavy atom. The summed E-state index contributed by atoms with van der Waals surface area (Å²) in [6.45, 7) is -0.279. The number of phenolic OH excluding ortho intramolecular Hbond substituents is 2. The number of aliphatic imine (C=N–C) groups is 3. The molecule has 0 unspecified atom stereocenters. The number of carboxylic acid groups (broad SMARTS) is 2. The van der Waals surface area contributed by atoms with Crippen LogP contribution >= 0.6 is 25.3 Å². The molecular weight excluding hydrogens is 1330 g/mol. The summed E-state index contributed by atoms with van der Waals surface area (Å²) < 4.78 is 6.02. The Morgan fingerprint density at radius 2 is 0.908 bits per heavy atom. The van der Waals surface area contributed by atoms with Gasteiger partial charge >= 0.3 is 11.9 Å². The number of aliphatic carboxylic acids is 2. The maximum atomic E-state index is 14.6. The molecule has 3 aromatic carbocycles. The molecule has 98 heavy (non-hydrogen) atoms. The zero-order chi connectivity index (χ0) is 73.1. The Labute approximate surface area is 571 Å². The first-order chi connectivity index (χ1) is 46.3. The summed E-state index contributed by atoms with van der Waals surface area (Å²) in [5.74, 6) is -16.4. The molecule has 534 valence electrons. The minimum absolute atomic E-state index is 0.0149. The number of benzene rings is 3. The van der Waals surface area contributed by atoms with Crippen molar-refractivity contribution in [3.63, 3.8) is 0 Å². The predicted octanol–water partition coefficient (Wildman–Crippen LogP) is -5.83. The second-order valence-corrected chi connectivity index (χ2v) is 22.9. The van der Waals surface area contributed by atoms with Gasteiger partial charge < -0.3 is 118 Å². The number of carbonyl (C=O) groups is 12. The topological polar surface area (TPSA) is 634 Å². The molecule has 0 saturated carbocycles. The summed E-state index contributed by atoms with van der Waals surface area (Å²) in [6, 6.07) is -0.0113. The highest BCUT2D eigenvalue weighted by Crippen LogP contribution is 2.50. The highest BCUT2D eigenvalue weighted by atomic mass is 32.1. The van der Waals surface area contributed by atoms with Gasteiger partial charge in [-0.05, 0) is 69.2 Å². The van der Waals surface area contributed by atoms with Gasteiger partial charge in [-0.15, -0.1) is 0 Å². The number of nitrogens with one attached hydrogen (secondary N) is 8. The molecule has 0 bridgehead atoms. The average molecular weight is 1410 g/mol. The van der Waals surface area contributed by atoms with Crippen molar-refractivity contribution < 1.29 is 87.8 Å². The molecule has 9 atom stereocenters. The lowest BCUT2D eigenvalue weighted by Crippen LogP contribution is -2.61. The van der Waals surface area contributed by atoms with Crippen LogP contribution in [0.25, 0.3) is 0 Å². The number of thiol groups is 2. The summed E-state index contributed by atoms with van der Waals surface area (Å²) in [7, 11) is 1.28. The van der Waals surface area contributed by atoms with Crippen molar-refractivity contribution in [3.05, 3.63) is 82.9 Å². The van der Waals surface area contributed by atoms with E-state index in [9.17, 15) is 83.1 Å². The van der Waals surface area contributed by atoms with E-state index < -0.39 is 157 Å². The fourth-order valence-electron chi connectivity index (χ4n) is 9.77. The minimum atomic E-state index is -2.04. The van der Waals surface area contributed by atoms with E-state index in [-0.39, 0.29) is 110 Å². The monoisotopic (exact) mass is 1410 g/mol. The Balaban J connectivity index is 1.54. The third-order valence-corrected chi connectivity index (χ3v) is 15.5. The van der Waals surface area contributed by atoms with E-state index >= 15 is 0 Å². The molecule has 0 saturated heterocycles. The number of phenols is 2. The number of primary amides is 1. The number of aliphatic hydroxyl groups is 1. The van der Waals surface area contributed by atoms with Crippen LogP contribution < -0.4 is 87.4 Å². The van der Waals surface area contributed by atoms with Gasteiger partial charge in [0.25, 0.3) is 5.91 Å². The third-order valence-electron chi connectivity index (χ3n) is 14.8. The van der Waals surface area contributed by atoms with Crippen LogP contribution in [0.15, 0.2) is 75.6 Å². The first-order valence-corrected chi connectivity index (χ1v) is 31.4. The number of amides is 10. The fraction of sp³-hybridized carbons (Fsp3) is 0.441. The lowest BCUT2D eigenvalue weighted by Gasteiger charge is -2.32. The van der Waals surface area contributed by atoms with Gasteiger partial charge in [0.05, 0.1) is 19.4 Å². The number of hydrogen-bond donors (Lipinski definition) is 22. The lowest BCUT2D eigenvalue weighted by atomic mass is 9.80. The highest BCUT2D eigenvalue weighted by Gasteiger charge is 2.38. The summed E-state index contributed by atoms with van der Waals surface area (Å²) >= 11 is 8.27. The van der Waals surface area contributed by atoms with Crippen LogP contribution in [0.3, 0.4) is 0 Å². The number of fused-ring (bicyclic) bond motifs is 2. The molecule has 39 heteroatoms. The lowest BCUT2D eigenvalue weighted by molar-refractivity contribution is -0.142. The molecule has 0 radical (unpaired) electrons. The van der Waals surface area contributed by atoms with Gasteiger partial charge in [-0.3, -0.25) is 67.7 Å². The van der Waals surface area contributed by atoms with E-state index in [1.54, 1.807) is 30.3 Å². The molecule has 0 aromatic heterocycles. The van der Waals surface area contributed by atoms with E-state index in [1.165, 1.54) is 37.4 Å². The van der Waals surface area contributed by atoms with E-state index in [1.807, 2.05) is 0 Å². The molecular formula is C59H83N19O18S2. The van der Waals surface area contributed by atoms with Crippen LogP contribution in [-0.2, 0) is 52.7 Å². The van der Waals surface area contributed by atoms with Crippen LogP contribution in [0.5, 0.6) is 23.0 Å². The number of carboxylic acids is 2. The van der Waals surface area contributed by atoms with Crippen molar-refractivity contribution in [1.29, 1.82) is 0 Å². The number of nitrogens with zero attached hydrogens (tertiary/aromatic N) is 4. The standard InChI is InChI=1S/C59H83N19O18S2/c1-27(47(85)71-34(10-5-17-67-57(61)62)48(86)72-36(12-7-19-69-59(65)66)50(88)77-40(25-97)56(94)95)70-51(89)38(23-45(83)84)75-49(87)35(11-6-18-68-58(63)64)73-52(90)37(22-44(60)82)74-53(91)39(24-79)76-54(92)41(26-98)78(2)55(93)31-9-4-3-8-30(31)46-32-15-13-28(80)20-42(32)96-43-21-29(81)14-16-33(43)46/h3-4,8-9,13-16,20-21,27,34-41,46,79-81,97-98H,5-7,10-12,17-19,22-26H2,1-2H3,(H2,60,82)(H,70,89)(H,71,85)(H,72,86)(H,73,90)(H,74,91)(H,75,87)(H,76,92)(H,77,88)(H,83,84)(H,94,95)(H4,61,62,67)(H4,63,64,68)(H4,65,66,69)/t27-,34-,35-,36-,37-,38-,39-,40-,41-/m0/s1. The second-order valence-electron chi connectivity index (χ2n) is 22.2. The Kier molecular flexibility index (Phi) is 31.4. The van der Waals surface area contributed by atoms with E-state index in [4.69, 9.17) is 44.9 Å². The highest BCUT2D eigenvalue weighted by molar-refractivity contribution is 7.80. The summed E-state index contributed by atoms with van der Waals surface area (Å²) in [4.78, 5) is 175. The Bertz CT molecular complexity index is 3450. The van der Waals surface area contributed by atoms with Crippen LogP contribution in [0.2, 0.25) is 0 Å². The molecule has 1 aliphatic rings. The normalized spacial score (nSPS) is 14.1. The number of ether oxygens (including phenoxy) is 1. The van der Waals surface area contributed by atoms with Crippen molar-refractivity contribution in [1.82, 2.24) is 47.4 Å². The largest absolute Gasteiger partial charge is 0.508 e. The van der Waals surface area contributed by atoms with Crippen molar-refractivity contribution in [2.24, 2.45) is 55.1 Å².